The molecule has 1 aromatic carbocycles. The number of carbonyl (C=O) groups is 1. The molecule has 0 unspecified atom stereocenters. The molecule has 26 heavy (non-hydrogen) atoms. The van der Waals surface area contributed by atoms with Crippen LogP contribution in [-0.2, 0) is 4.79 Å². The number of hydrogen-bond acceptors (Lipinski definition) is 4. The Labute approximate surface area is 152 Å². The first-order valence-corrected chi connectivity index (χ1v) is 8.75. The number of carbonyl (C=O) groups excluding carboxylic acids is 1. The zero-order valence-electron chi connectivity index (χ0n) is 14.6. The summed E-state index contributed by atoms with van der Waals surface area (Å²) in [5, 5.41) is 7.94. The molecule has 0 spiro atoms. The highest BCUT2D eigenvalue weighted by atomic mass is 16.2. The summed E-state index contributed by atoms with van der Waals surface area (Å²) in [5.74, 6) is 1.55. The highest BCUT2D eigenvalue weighted by Crippen LogP contribution is 2.31. The Morgan fingerprint density at radius 3 is 2.62 bits per heavy atom. The van der Waals surface area contributed by atoms with Crippen LogP contribution in [0.15, 0.2) is 48.8 Å². The molecule has 130 valence electrons. The molecule has 5 nitrogen and oxygen atoms in total. The maximum atomic E-state index is 12.0. The van der Waals surface area contributed by atoms with Crippen molar-refractivity contribution < 1.29 is 4.79 Å². The molecule has 0 saturated heterocycles. The molecule has 1 aliphatic carbocycles. The van der Waals surface area contributed by atoms with Gasteiger partial charge in [-0.3, -0.25) is 4.79 Å². The number of aromatic nitrogens is 2. The van der Waals surface area contributed by atoms with Crippen LogP contribution in [0.5, 0.6) is 0 Å². The summed E-state index contributed by atoms with van der Waals surface area (Å²) in [6.45, 7) is 0. The second-order valence-electron chi connectivity index (χ2n) is 6.43. The molecule has 3 aromatic rings. The summed E-state index contributed by atoms with van der Waals surface area (Å²) >= 11 is 0. The molecule has 2 heterocycles. The monoisotopic (exact) mass is 344 g/mol. The van der Waals surface area contributed by atoms with Crippen LogP contribution in [-0.4, -0.2) is 22.9 Å². The van der Waals surface area contributed by atoms with Crippen molar-refractivity contribution in [3.63, 3.8) is 0 Å². The van der Waals surface area contributed by atoms with Gasteiger partial charge >= 0.3 is 0 Å². The van der Waals surface area contributed by atoms with E-state index in [4.69, 9.17) is 0 Å². The molecule has 0 aliphatic heterocycles. The first-order valence-electron chi connectivity index (χ1n) is 8.75. The summed E-state index contributed by atoms with van der Waals surface area (Å²) in [6, 6.07) is 12.0. The number of anilines is 2. The van der Waals surface area contributed by atoms with E-state index >= 15 is 0 Å². The number of hydrogen-bond donors (Lipinski definition) is 2. The molecule has 4 rings (SSSR count). The summed E-state index contributed by atoms with van der Waals surface area (Å²) < 4.78 is 0. The summed E-state index contributed by atoms with van der Waals surface area (Å²) in [4.78, 5) is 20.9. The summed E-state index contributed by atoms with van der Waals surface area (Å²) in [5.41, 5.74) is 2.10. The average molecular weight is 344 g/mol. The normalized spacial score (nSPS) is 13.9. The van der Waals surface area contributed by atoms with Crippen LogP contribution >= 0.6 is 0 Å². The quantitative estimate of drug-likeness (QED) is 0.728. The maximum absolute atomic E-state index is 12.0. The topological polar surface area (TPSA) is 66.9 Å². The van der Waals surface area contributed by atoms with E-state index in [-0.39, 0.29) is 11.8 Å². The van der Waals surface area contributed by atoms with Crippen molar-refractivity contribution in [3.8, 4) is 0 Å². The Morgan fingerprint density at radius 1 is 1.08 bits per heavy atom. The van der Waals surface area contributed by atoms with Crippen LogP contribution < -0.4 is 10.6 Å². The van der Waals surface area contributed by atoms with Crippen LogP contribution in [0.4, 0.5) is 11.6 Å². The number of nitrogens with one attached hydrogen (secondary N) is 2. The Balaban J connectivity index is 1.73. The molecule has 1 fully saturated rings. The minimum Gasteiger partial charge on any atom is -0.373 e. The van der Waals surface area contributed by atoms with Crippen molar-refractivity contribution in [2.45, 2.75) is 12.8 Å². The third kappa shape index (κ3) is 3.42. The van der Waals surface area contributed by atoms with E-state index in [1.807, 2.05) is 43.6 Å². The maximum Gasteiger partial charge on any atom is 0.228 e. The second-order valence-corrected chi connectivity index (χ2v) is 6.43. The fourth-order valence-corrected chi connectivity index (χ4v) is 2.88. The minimum absolute atomic E-state index is 0.0566. The number of fused-ring (bicyclic) bond motifs is 1. The van der Waals surface area contributed by atoms with Gasteiger partial charge in [0.25, 0.3) is 0 Å². The van der Waals surface area contributed by atoms with E-state index in [0.717, 1.165) is 40.6 Å². The second kappa shape index (κ2) is 6.96. The van der Waals surface area contributed by atoms with E-state index in [2.05, 4.69) is 38.8 Å². The molecule has 2 N–H and O–H groups in total. The van der Waals surface area contributed by atoms with Crippen LogP contribution in [0.2, 0.25) is 0 Å². The van der Waals surface area contributed by atoms with Gasteiger partial charge < -0.3 is 10.6 Å². The van der Waals surface area contributed by atoms with Gasteiger partial charge in [-0.05, 0) is 29.9 Å². The lowest BCUT2D eigenvalue weighted by molar-refractivity contribution is -0.117. The van der Waals surface area contributed by atoms with Gasteiger partial charge in [-0.25, -0.2) is 9.97 Å². The van der Waals surface area contributed by atoms with Crippen molar-refractivity contribution in [2.24, 2.45) is 5.92 Å². The summed E-state index contributed by atoms with van der Waals surface area (Å²) in [6.07, 6.45) is 9.63. The Bertz CT molecular complexity index is 978. The lowest BCUT2D eigenvalue weighted by Gasteiger charge is -2.10. The van der Waals surface area contributed by atoms with E-state index in [0.29, 0.717) is 5.82 Å². The van der Waals surface area contributed by atoms with Gasteiger partial charge in [0.15, 0.2) is 0 Å². The van der Waals surface area contributed by atoms with E-state index in [1.54, 1.807) is 6.20 Å². The van der Waals surface area contributed by atoms with Gasteiger partial charge in [0.05, 0.1) is 0 Å². The van der Waals surface area contributed by atoms with E-state index in [1.165, 1.54) is 0 Å². The fraction of sp³-hybridized carbons (Fsp3) is 0.190. The molecule has 5 heteroatoms. The molecular weight excluding hydrogens is 324 g/mol. The predicted molar refractivity (Wildman–Crippen MR) is 106 cm³/mol. The highest BCUT2D eigenvalue weighted by Gasteiger charge is 2.29. The zero-order valence-corrected chi connectivity index (χ0v) is 14.6. The van der Waals surface area contributed by atoms with E-state index in [9.17, 15) is 4.79 Å². The van der Waals surface area contributed by atoms with Gasteiger partial charge in [0.1, 0.15) is 11.6 Å². The largest absolute Gasteiger partial charge is 0.373 e. The summed E-state index contributed by atoms with van der Waals surface area (Å²) in [7, 11) is 1.84. The standard InChI is InChI=1S/C21H20N4O/c1-22-20-18-13-23-19(25-21(26)15-9-10-15)11-17(18)16(12-24-20)8-7-14-5-3-2-4-6-14/h2-8,11-13,15H,9-10H2,1H3,(H,22,24)(H,23,25,26). The van der Waals surface area contributed by atoms with Gasteiger partial charge in [-0.15, -0.1) is 0 Å². The van der Waals surface area contributed by atoms with Gasteiger partial charge in [0.2, 0.25) is 5.91 Å². The number of amides is 1. The number of rotatable bonds is 5. The Hall–Kier alpha value is -3.21. The fourth-order valence-electron chi connectivity index (χ4n) is 2.88. The molecule has 1 amide bonds. The SMILES string of the molecule is CNc1ncc(C=Cc2ccccc2)c2cc(NC(=O)C3CC3)ncc12. The van der Waals surface area contributed by atoms with E-state index < -0.39 is 0 Å². The number of pyridine rings is 2. The molecular formula is C21H20N4O. The van der Waals surface area contributed by atoms with Crippen LogP contribution in [0.25, 0.3) is 22.9 Å². The molecule has 0 bridgehead atoms. The number of benzene rings is 1. The van der Waals surface area contributed by atoms with Crippen molar-refractivity contribution >= 4 is 40.5 Å². The smallest absolute Gasteiger partial charge is 0.228 e. The van der Waals surface area contributed by atoms with Gasteiger partial charge in [0, 0.05) is 36.3 Å². The predicted octanol–water partition coefficient (Wildman–Crippen LogP) is 4.19. The van der Waals surface area contributed by atoms with Crippen molar-refractivity contribution in [1.82, 2.24) is 9.97 Å². The minimum atomic E-state index is 0.0566. The lowest BCUT2D eigenvalue weighted by atomic mass is 10.1. The molecule has 0 radical (unpaired) electrons. The van der Waals surface area contributed by atoms with Crippen molar-refractivity contribution in [2.75, 3.05) is 17.7 Å². The zero-order chi connectivity index (χ0) is 17.9. The van der Waals surface area contributed by atoms with Crippen LogP contribution in [0, 0.1) is 5.92 Å². The van der Waals surface area contributed by atoms with Crippen molar-refractivity contribution in [1.29, 1.82) is 0 Å². The molecule has 1 saturated carbocycles. The first kappa shape index (κ1) is 16.3. The molecule has 1 aliphatic rings. The van der Waals surface area contributed by atoms with Crippen LogP contribution in [0.1, 0.15) is 24.0 Å². The Morgan fingerprint density at radius 2 is 1.88 bits per heavy atom. The van der Waals surface area contributed by atoms with Gasteiger partial charge in [-0.2, -0.15) is 0 Å². The molecule has 2 aromatic heterocycles. The third-order valence-corrected chi connectivity index (χ3v) is 4.49. The van der Waals surface area contributed by atoms with Gasteiger partial charge in [-0.1, -0.05) is 42.5 Å². The first-order chi connectivity index (χ1) is 12.7. The third-order valence-electron chi connectivity index (χ3n) is 4.49. The number of nitrogens with zero attached hydrogens (tertiary/aromatic N) is 2. The lowest BCUT2D eigenvalue weighted by Crippen LogP contribution is -2.14. The molecule has 0 atom stereocenters. The highest BCUT2D eigenvalue weighted by molar-refractivity contribution is 6.01. The van der Waals surface area contributed by atoms with Crippen LogP contribution in [0.3, 0.4) is 0 Å². The average Bonchev–Trinajstić information content (AvgIpc) is 3.52. The Kier molecular flexibility index (Phi) is 4.35. The van der Waals surface area contributed by atoms with Crippen molar-refractivity contribution in [3.05, 3.63) is 59.9 Å².